The van der Waals surface area contributed by atoms with Crippen molar-refractivity contribution >= 4 is 23.2 Å². The van der Waals surface area contributed by atoms with E-state index in [2.05, 4.69) is 5.32 Å². The minimum atomic E-state index is -0.758. The molecule has 1 aromatic carbocycles. The van der Waals surface area contributed by atoms with E-state index in [1.807, 2.05) is 0 Å². The molecular weight excluding hydrogens is 237 g/mol. The smallest absolute Gasteiger partial charge is 0.0895 e. The van der Waals surface area contributed by atoms with Crippen LogP contribution in [0.15, 0.2) is 18.2 Å². The molecule has 5 heteroatoms. The van der Waals surface area contributed by atoms with Gasteiger partial charge in [0.1, 0.15) is 0 Å². The van der Waals surface area contributed by atoms with Crippen molar-refractivity contribution in [1.82, 2.24) is 5.32 Å². The quantitative estimate of drug-likeness (QED) is 0.741. The zero-order valence-corrected chi connectivity index (χ0v) is 9.59. The Balaban J connectivity index is 2.50. The second kappa shape index (κ2) is 6.30. The van der Waals surface area contributed by atoms with Crippen LogP contribution in [-0.4, -0.2) is 29.5 Å². The number of benzene rings is 1. The molecule has 0 aliphatic rings. The highest BCUT2D eigenvalue weighted by molar-refractivity contribution is 6.35. The lowest BCUT2D eigenvalue weighted by Gasteiger charge is -2.10. The molecule has 1 atom stereocenters. The van der Waals surface area contributed by atoms with E-state index in [0.29, 0.717) is 23.1 Å². The Hall–Kier alpha value is -0.320. The fraction of sp³-hybridized carbons (Fsp3) is 0.400. The molecule has 0 aromatic heterocycles. The van der Waals surface area contributed by atoms with Crippen LogP contribution >= 0.6 is 23.2 Å². The molecule has 1 aromatic rings. The summed E-state index contributed by atoms with van der Waals surface area (Å²) in [6.07, 6.45) is -0.758. The fourth-order valence-corrected chi connectivity index (χ4v) is 1.66. The Morgan fingerprint density at radius 2 is 1.87 bits per heavy atom. The van der Waals surface area contributed by atoms with Crippen molar-refractivity contribution in [3.8, 4) is 0 Å². The zero-order valence-electron chi connectivity index (χ0n) is 8.08. The highest BCUT2D eigenvalue weighted by Crippen LogP contribution is 2.23. The third-order valence-corrected chi connectivity index (χ3v) is 2.66. The molecular formula is C10H13Cl2NO2. The van der Waals surface area contributed by atoms with Gasteiger partial charge < -0.3 is 15.5 Å². The Bertz CT molecular complexity index is 300. The second-order valence-electron chi connectivity index (χ2n) is 3.17. The largest absolute Gasteiger partial charge is 0.394 e. The van der Waals surface area contributed by atoms with Crippen molar-refractivity contribution in [2.75, 3.05) is 13.2 Å². The second-order valence-corrected chi connectivity index (χ2v) is 3.98. The maximum Gasteiger partial charge on any atom is 0.0895 e. The maximum absolute atomic E-state index is 9.10. The van der Waals surface area contributed by atoms with E-state index in [0.717, 1.165) is 5.56 Å². The van der Waals surface area contributed by atoms with Gasteiger partial charge in [0.15, 0.2) is 0 Å². The van der Waals surface area contributed by atoms with Crippen molar-refractivity contribution in [3.63, 3.8) is 0 Å². The lowest BCUT2D eigenvalue weighted by Crippen LogP contribution is -2.29. The molecule has 0 saturated heterocycles. The minimum Gasteiger partial charge on any atom is -0.394 e. The molecule has 15 heavy (non-hydrogen) atoms. The number of aliphatic hydroxyl groups excluding tert-OH is 2. The van der Waals surface area contributed by atoms with Crippen LogP contribution in [-0.2, 0) is 6.54 Å². The van der Waals surface area contributed by atoms with E-state index >= 15 is 0 Å². The van der Waals surface area contributed by atoms with Gasteiger partial charge >= 0.3 is 0 Å². The van der Waals surface area contributed by atoms with Gasteiger partial charge in [-0.15, -0.1) is 0 Å². The summed E-state index contributed by atoms with van der Waals surface area (Å²) in [7, 11) is 0. The van der Waals surface area contributed by atoms with Gasteiger partial charge in [-0.05, 0) is 12.1 Å². The Kier molecular flexibility index (Phi) is 5.36. The molecule has 1 unspecified atom stereocenters. The number of rotatable bonds is 5. The first-order valence-corrected chi connectivity index (χ1v) is 5.33. The number of hydrogen-bond acceptors (Lipinski definition) is 3. The van der Waals surface area contributed by atoms with Crippen LogP contribution in [0.2, 0.25) is 10.0 Å². The average Bonchev–Trinajstić information content (AvgIpc) is 2.22. The van der Waals surface area contributed by atoms with Crippen LogP contribution in [0.5, 0.6) is 0 Å². The molecule has 1 rings (SSSR count). The van der Waals surface area contributed by atoms with E-state index in [1.54, 1.807) is 18.2 Å². The summed E-state index contributed by atoms with van der Waals surface area (Å²) in [6.45, 7) is 0.511. The Morgan fingerprint density at radius 3 is 2.40 bits per heavy atom. The fourth-order valence-electron chi connectivity index (χ4n) is 1.13. The monoisotopic (exact) mass is 249 g/mol. The van der Waals surface area contributed by atoms with Gasteiger partial charge in [-0.25, -0.2) is 0 Å². The predicted molar refractivity (Wildman–Crippen MR) is 61.3 cm³/mol. The van der Waals surface area contributed by atoms with Gasteiger partial charge in [-0.2, -0.15) is 0 Å². The predicted octanol–water partition coefficient (Wildman–Crippen LogP) is 1.44. The van der Waals surface area contributed by atoms with Gasteiger partial charge in [0.05, 0.1) is 12.7 Å². The topological polar surface area (TPSA) is 52.5 Å². The summed E-state index contributed by atoms with van der Waals surface area (Å²) >= 11 is 11.9. The molecule has 3 nitrogen and oxygen atoms in total. The van der Waals surface area contributed by atoms with Crippen LogP contribution in [0.25, 0.3) is 0 Å². The van der Waals surface area contributed by atoms with Crippen molar-refractivity contribution in [3.05, 3.63) is 33.8 Å². The molecule has 0 spiro atoms. The summed E-state index contributed by atoms with van der Waals surface area (Å²) in [5.74, 6) is 0. The van der Waals surface area contributed by atoms with Crippen LogP contribution in [0.3, 0.4) is 0 Å². The van der Waals surface area contributed by atoms with Crippen LogP contribution in [0.1, 0.15) is 5.56 Å². The van der Waals surface area contributed by atoms with E-state index in [-0.39, 0.29) is 6.61 Å². The number of nitrogens with one attached hydrogen (secondary N) is 1. The first-order chi connectivity index (χ1) is 7.15. The van der Waals surface area contributed by atoms with Crippen LogP contribution in [0, 0.1) is 0 Å². The molecule has 84 valence electrons. The lowest BCUT2D eigenvalue weighted by molar-refractivity contribution is 0.0942. The first-order valence-electron chi connectivity index (χ1n) is 4.57. The summed E-state index contributed by atoms with van der Waals surface area (Å²) in [5, 5.41) is 21.8. The molecule has 3 N–H and O–H groups in total. The SMILES string of the molecule is OCC(O)CNCc1c(Cl)cccc1Cl. The summed E-state index contributed by atoms with van der Waals surface area (Å²) in [4.78, 5) is 0. The van der Waals surface area contributed by atoms with E-state index in [1.165, 1.54) is 0 Å². The summed E-state index contributed by atoms with van der Waals surface area (Å²) < 4.78 is 0. The van der Waals surface area contributed by atoms with Gasteiger partial charge in [0.2, 0.25) is 0 Å². The third kappa shape index (κ3) is 3.97. The molecule has 0 bridgehead atoms. The van der Waals surface area contributed by atoms with E-state index in [4.69, 9.17) is 33.4 Å². The van der Waals surface area contributed by atoms with E-state index in [9.17, 15) is 0 Å². The molecule has 0 heterocycles. The van der Waals surface area contributed by atoms with Gasteiger partial charge in [-0.3, -0.25) is 0 Å². The van der Waals surface area contributed by atoms with Crippen molar-refractivity contribution in [2.24, 2.45) is 0 Å². The summed E-state index contributed by atoms with van der Waals surface area (Å²) in [5.41, 5.74) is 0.797. The third-order valence-electron chi connectivity index (χ3n) is 1.95. The number of halogens is 2. The molecule has 0 aliphatic carbocycles. The zero-order chi connectivity index (χ0) is 11.3. The molecule has 0 radical (unpaired) electrons. The number of aliphatic hydroxyl groups is 2. The molecule has 0 amide bonds. The van der Waals surface area contributed by atoms with Crippen LogP contribution < -0.4 is 5.32 Å². The highest BCUT2D eigenvalue weighted by Gasteiger charge is 2.06. The number of hydrogen-bond donors (Lipinski definition) is 3. The Morgan fingerprint density at radius 1 is 1.27 bits per heavy atom. The van der Waals surface area contributed by atoms with Gasteiger partial charge in [0.25, 0.3) is 0 Å². The first kappa shape index (κ1) is 12.7. The molecule has 0 aliphatic heterocycles. The standard InChI is InChI=1S/C10H13Cl2NO2/c11-9-2-1-3-10(12)8(9)5-13-4-7(15)6-14/h1-3,7,13-15H,4-6H2. The molecule has 0 fully saturated rings. The van der Waals surface area contributed by atoms with E-state index < -0.39 is 6.10 Å². The lowest BCUT2D eigenvalue weighted by atomic mass is 10.2. The van der Waals surface area contributed by atoms with Crippen molar-refractivity contribution in [1.29, 1.82) is 0 Å². The maximum atomic E-state index is 9.10. The van der Waals surface area contributed by atoms with Gasteiger partial charge in [0, 0.05) is 28.7 Å². The minimum absolute atomic E-state index is 0.261. The molecule has 0 saturated carbocycles. The summed E-state index contributed by atoms with van der Waals surface area (Å²) in [6, 6.07) is 5.29. The van der Waals surface area contributed by atoms with Crippen molar-refractivity contribution in [2.45, 2.75) is 12.6 Å². The average molecular weight is 250 g/mol. The van der Waals surface area contributed by atoms with Crippen LogP contribution in [0.4, 0.5) is 0 Å². The van der Waals surface area contributed by atoms with Crippen molar-refractivity contribution < 1.29 is 10.2 Å². The Labute approximate surface area is 98.6 Å². The van der Waals surface area contributed by atoms with Gasteiger partial charge in [-0.1, -0.05) is 29.3 Å². The normalized spacial score (nSPS) is 12.8. The highest BCUT2D eigenvalue weighted by atomic mass is 35.5.